The number of likely N-dealkylation sites (N-methyl/N-ethyl adjacent to an activating group) is 1. The van der Waals surface area contributed by atoms with Gasteiger partial charge in [0.2, 0.25) is 23.6 Å². The molecule has 20 nitrogen and oxygen atoms in total. The van der Waals surface area contributed by atoms with Gasteiger partial charge in [-0.25, -0.2) is 9.69 Å². The number of nitrogens with zero attached hydrogens (tertiary/aromatic N) is 1. The van der Waals surface area contributed by atoms with Gasteiger partial charge in [0, 0.05) is 36.5 Å². The number of H-pyrrole nitrogens is 1. The topological polar surface area (TPSA) is 316 Å². The second-order valence-corrected chi connectivity index (χ2v) is 18.3. The lowest BCUT2D eigenvalue weighted by molar-refractivity contribution is -0.146. The molecule has 13 N–H and O–H groups in total. The van der Waals surface area contributed by atoms with Crippen LogP contribution < -0.4 is 48.7 Å². The fourth-order valence-corrected chi connectivity index (χ4v) is 10.2. The number of guanidine groups is 1. The molecule has 20 heteroatoms. The number of hydrogen-bond donors (Lipinski definition) is 11. The third kappa shape index (κ3) is 10.9. The predicted octanol–water partition coefficient (Wildman–Crippen LogP) is 0.801. The van der Waals surface area contributed by atoms with Crippen molar-refractivity contribution in [2.75, 3.05) is 20.1 Å². The fraction of sp³-hybridized carbons (Fsp3) is 0.449. The molecular weight excluding hydrogens is 885 g/mol. The first kappa shape index (κ1) is 49.7. The molecule has 1 aliphatic carbocycles. The van der Waals surface area contributed by atoms with Crippen LogP contribution in [0.15, 0.2) is 72.9 Å². The number of para-hydroxylation sites is 1. The van der Waals surface area contributed by atoms with E-state index >= 15 is 4.79 Å². The van der Waals surface area contributed by atoms with Gasteiger partial charge in [-0.1, -0.05) is 79.9 Å². The largest absolute Gasteiger partial charge is 0.370 e. The van der Waals surface area contributed by atoms with Crippen LogP contribution in [-0.4, -0.2) is 125 Å². The number of fused-ring (bicyclic) bond motifs is 2. The Balaban J connectivity index is 1.17. The van der Waals surface area contributed by atoms with E-state index in [2.05, 4.69) is 42.2 Å². The average molecular weight is 947 g/mol. The number of nitrogens with two attached hydrogens (primary N) is 2. The van der Waals surface area contributed by atoms with Crippen LogP contribution in [0.2, 0.25) is 0 Å². The van der Waals surface area contributed by atoms with Crippen molar-refractivity contribution in [3.05, 3.63) is 84.1 Å². The van der Waals surface area contributed by atoms with E-state index in [-0.39, 0.29) is 51.6 Å². The monoisotopic (exact) mass is 946 g/mol. The summed E-state index contributed by atoms with van der Waals surface area (Å²) < 4.78 is 0. The third-order valence-electron chi connectivity index (χ3n) is 13.8. The van der Waals surface area contributed by atoms with Gasteiger partial charge in [0.1, 0.15) is 41.5 Å². The van der Waals surface area contributed by atoms with Crippen molar-refractivity contribution < 1.29 is 38.4 Å². The molecule has 1 unspecified atom stereocenters. The van der Waals surface area contributed by atoms with E-state index in [0.717, 1.165) is 38.6 Å². The summed E-state index contributed by atoms with van der Waals surface area (Å²) in [5.74, 6) is -4.78. The minimum Gasteiger partial charge on any atom is -0.370 e. The van der Waals surface area contributed by atoms with Crippen LogP contribution in [0.4, 0.5) is 4.79 Å². The molecule has 0 bridgehead atoms. The van der Waals surface area contributed by atoms with Gasteiger partial charge < -0.3 is 58.5 Å². The molecule has 2 aliphatic heterocycles. The average Bonchev–Trinajstić information content (AvgIpc) is 3.87. The Morgan fingerprint density at radius 3 is 2.35 bits per heavy atom. The van der Waals surface area contributed by atoms with Crippen LogP contribution in [0.5, 0.6) is 0 Å². The van der Waals surface area contributed by atoms with Crippen molar-refractivity contribution in [2.45, 2.75) is 118 Å². The van der Waals surface area contributed by atoms with Crippen LogP contribution >= 0.6 is 0 Å². The van der Waals surface area contributed by atoms with Gasteiger partial charge >= 0.3 is 6.03 Å². The highest BCUT2D eigenvalue weighted by Crippen LogP contribution is 2.37. The predicted molar refractivity (Wildman–Crippen MR) is 257 cm³/mol. The number of urea groups is 1. The molecule has 0 radical (unpaired) electrons. The highest BCUT2D eigenvalue weighted by Gasteiger charge is 2.57. The standard InChI is InChI=1S/C49H62N12O8/c1-53-40-43(66)59-37(25-32-27-55-35-14-6-5-13-34(32)35)42(65)58-36(41(50)64)15-7-10-21-56-49(40,20-22-54-46(51)52)39(63)26-38-44(67)61(47(69)60-38)48(18-8-2-9-19-48)45(68)57-33(28-62)24-29-16-17-30-11-3-4-12-31(30)23-29/h3-6,11-14,16-17,23,27-28,33,36-38,40,53,55-56H,2,7-10,15,18-22,24-26H2,1H3,(H2,50,64)(H,57,68)(H,58,65)(H,59,66)(H,60,69)(H4,51,52,54)/t33-,36+,37+,38+,40?,49+/m1/s1. The lowest BCUT2D eigenvalue weighted by Gasteiger charge is -2.42. The summed E-state index contributed by atoms with van der Waals surface area (Å²) in [5.41, 5.74) is 10.2. The number of aromatic nitrogens is 1. The second kappa shape index (κ2) is 21.8. The Kier molecular flexibility index (Phi) is 15.7. The molecule has 366 valence electrons. The third-order valence-corrected chi connectivity index (χ3v) is 13.8. The number of rotatable bonds is 16. The zero-order valence-corrected chi connectivity index (χ0v) is 38.7. The molecule has 3 fully saturated rings. The van der Waals surface area contributed by atoms with Crippen LogP contribution in [0, 0.1) is 5.41 Å². The van der Waals surface area contributed by atoms with Crippen LogP contribution in [0.25, 0.3) is 21.7 Å². The summed E-state index contributed by atoms with van der Waals surface area (Å²) in [7, 11) is 1.46. The lowest BCUT2D eigenvalue weighted by Crippen LogP contribution is -2.71. The van der Waals surface area contributed by atoms with E-state index in [9.17, 15) is 33.6 Å². The number of amides is 7. The SMILES string of the molecule is CNC1C(=O)N[C@@H](Cc2c[nH]c3ccccc23)C(=O)N[C@H](C(N)=O)CCCCN[C@@]1(CCNC(=N)N)C(=O)C[C@@H]1NC(=O)N(C2(C(=O)N[C@@H](C=O)Cc3ccc4ccccc4c3)CCCCC2)C1=O. The van der Waals surface area contributed by atoms with E-state index in [4.69, 9.17) is 16.9 Å². The summed E-state index contributed by atoms with van der Waals surface area (Å²) in [6, 6.07) is 13.8. The molecule has 0 spiro atoms. The van der Waals surface area contributed by atoms with Crippen LogP contribution in [0.1, 0.15) is 75.3 Å². The molecule has 2 saturated heterocycles. The number of hydrogen-bond acceptors (Lipinski definition) is 11. The molecular formula is C49H62N12O8. The number of ketones is 1. The highest BCUT2D eigenvalue weighted by molar-refractivity contribution is 6.11. The molecule has 3 aliphatic rings. The van der Waals surface area contributed by atoms with E-state index < -0.39 is 95.0 Å². The fourth-order valence-electron chi connectivity index (χ4n) is 10.2. The summed E-state index contributed by atoms with van der Waals surface area (Å²) in [6.45, 7) is 0.00692. The van der Waals surface area contributed by atoms with E-state index in [1.807, 2.05) is 66.7 Å². The number of imide groups is 1. The summed E-state index contributed by atoms with van der Waals surface area (Å²) in [4.78, 5) is 117. The smallest absolute Gasteiger partial charge is 0.325 e. The number of carbonyl (C=O) groups is 8. The quantitative estimate of drug-likeness (QED) is 0.0322. The maximum Gasteiger partial charge on any atom is 0.325 e. The molecule has 69 heavy (non-hydrogen) atoms. The van der Waals surface area contributed by atoms with Crippen molar-refractivity contribution in [3.63, 3.8) is 0 Å². The van der Waals surface area contributed by atoms with Crippen molar-refractivity contribution in [3.8, 4) is 0 Å². The van der Waals surface area contributed by atoms with Crippen LogP contribution in [-0.2, 0) is 46.4 Å². The minimum absolute atomic E-state index is 0.0193. The number of nitrogens with one attached hydrogen (secondary N) is 9. The first-order chi connectivity index (χ1) is 33.2. The number of carbonyl (C=O) groups excluding carboxylic acids is 8. The zero-order chi connectivity index (χ0) is 49.3. The lowest BCUT2D eigenvalue weighted by atomic mass is 9.78. The Hall–Kier alpha value is -7.19. The number of aromatic amines is 1. The van der Waals surface area contributed by atoms with Gasteiger partial charge in [-0.3, -0.25) is 34.2 Å². The molecule has 6 atom stereocenters. The summed E-state index contributed by atoms with van der Waals surface area (Å²) >= 11 is 0. The normalized spacial score (nSPS) is 23.9. The Bertz CT molecular complexity index is 2610. The van der Waals surface area contributed by atoms with E-state index in [0.29, 0.717) is 37.5 Å². The van der Waals surface area contributed by atoms with E-state index in [1.54, 1.807) is 6.20 Å². The number of Topliss-reactive ketones (excluding diaryl/α,β-unsaturated/α-hetero) is 1. The first-order valence-electron chi connectivity index (χ1n) is 23.6. The van der Waals surface area contributed by atoms with Gasteiger partial charge in [-0.05, 0) is 86.5 Å². The van der Waals surface area contributed by atoms with Gasteiger partial charge in [-0.15, -0.1) is 0 Å². The van der Waals surface area contributed by atoms with Gasteiger partial charge in [0.05, 0.1) is 6.04 Å². The highest BCUT2D eigenvalue weighted by atomic mass is 16.2. The van der Waals surface area contributed by atoms with E-state index in [1.165, 1.54) is 7.05 Å². The zero-order valence-electron chi connectivity index (χ0n) is 38.7. The molecule has 3 heterocycles. The van der Waals surface area contributed by atoms with Crippen molar-refractivity contribution in [1.29, 1.82) is 5.41 Å². The molecule has 7 rings (SSSR count). The summed E-state index contributed by atoms with van der Waals surface area (Å²) in [6.07, 6.45) is 4.61. The second-order valence-electron chi connectivity index (χ2n) is 18.3. The van der Waals surface area contributed by atoms with Crippen LogP contribution in [0.3, 0.4) is 0 Å². The number of aldehydes is 1. The maximum absolute atomic E-state index is 15.3. The minimum atomic E-state index is -1.88. The van der Waals surface area contributed by atoms with Gasteiger partial charge in [0.25, 0.3) is 5.91 Å². The molecule has 1 aromatic heterocycles. The Labute approximate surface area is 399 Å². The Morgan fingerprint density at radius 1 is 0.884 bits per heavy atom. The van der Waals surface area contributed by atoms with Crippen molar-refractivity contribution in [1.82, 2.24) is 47.1 Å². The number of primary amides is 1. The maximum atomic E-state index is 15.3. The molecule has 4 aromatic rings. The van der Waals surface area contributed by atoms with Gasteiger partial charge in [-0.2, -0.15) is 0 Å². The first-order valence-corrected chi connectivity index (χ1v) is 23.6. The van der Waals surface area contributed by atoms with Crippen molar-refractivity contribution in [2.24, 2.45) is 11.5 Å². The molecule has 1 saturated carbocycles. The Morgan fingerprint density at radius 2 is 1.62 bits per heavy atom. The molecule has 7 amide bonds. The summed E-state index contributed by atoms with van der Waals surface area (Å²) in [5, 5.41) is 30.6. The van der Waals surface area contributed by atoms with Gasteiger partial charge in [0.15, 0.2) is 11.7 Å². The van der Waals surface area contributed by atoms with Crippen molar-refractivity contribution >= 4 is 75.3 Å². The molecule has 3 aromatic carbocycles. The number of benzene rings is 3.